The first-order valence-corrected chi connectivity index (χ1v) is 9.08. The highest BCUT2D eigenvalue weighted by Gasteiger charge is 2.07. The van der Waals surface area contributed by atoms with E-state index in [4.69, 9.17) is 4.74 Å². The van der Waals surface area contributed by atoms with Gasteiger partial charge in [0.2, 0.25) is 11.8 Å². The smallest absolute Gasteiger partial charge is 0.234 e. The number of methoxy groups -OCH3 is 1. The van der Waals surface area contributed by atoms with Crippen molar-refractivity contribution in [2.45, 2.75) is 0 Å². The maximum atomic E-state index is 11.9. The molecule has 2 amide bonds. The average molecular weight is 409 g/mol. The summed E-state index contributed by atoms with van der Waals surface area (Å²) in [5.41, 5.74) is 1.41. The van der Waals surface area contributed by atoms with Crippen LogP contribution in [0.3, 0.4) is 0 Å². The van der Waals surface area contributed by atoms with Crippen molar-refractivity contribution in [3.8, 4) is 5.75 Å². The molecule has 5 nitrogen and oxygen atoms in total. The van der Waals surface area contributed by atoms with Crippen molar-refractivity contribution in [3.63, 3.8) is 0 Å². The van der Waals surface area contributed by atoms with Crippen LogP contribution in [0.15, 0.2) is 53.0 Å². The van der Waals surface area contributed by atoms with E-state index in [-0.39, 0.29) is 23.3 Å². The van der Waals surface area contributed by atoms with Gasteiger partial charge in [0.1, 0.15) is 5.75 Å². The molecule has 126 valence electrons. The van der Waals surface area contributed by atoms with Crippen LogP contribution in [0.1, 0.15) is 0 Å². The number of hydrogen-bond acceptors (Lipinski definition) is 4. The summed E-state index contributed by atoms with van der Waals surface area (Å²) in [4.78, 5) is 23.7. The van der Waals surface area contributed by atoms with Gasteiger partial charge in [-0.15, -0.1) is 11.8 Å². The number of thioether (sulfide) groups is 1. The first-order chi connectivity index (χ1) is 11.6. The van der Waals surface area contributed by atoms with Gasteiger partial charge in [-0.25, -0.2) is 0 Å². The number of halogens is 1. The Labute approximate surface area is 153 Å². The zero-order chi connectivity index (χ0) is 17.4. The monoisotopic (exact) mass is 408 g/mol. The van der Waals surface area contributed by atoms with Crippen LogP contribution < -0.4 is 15.4 Å². The average Bonchev–Trinajstić information content (AvgIpc) is 2.55. The highest BCUT2D eigenvalue weighted by atomic mass is 79.9. The molecular formula is C17H17BrN2O3S. The van der Waals surface area contributed by atoms with Crippen LogP contribution in [-0.4, -0.2) is 30.4 Å². The van der Waals surface area contributed by atoms with Crippen molar-refractivity contribution in [2.24, 2.45) is 0 Å². The molecule has 0 bridgehead atoms. The summed E-state index contributed by atoms with van der Waals surface area (Å²) in [5, 5.41) is 5.55. The molecule has 0 aliphatic heterocycles. The second-order valence-electron chi connectivity index (χ2n) is 4.83. The molecule has 7 heteroatoms. The lowest BCUT2D eigenvalue weighted by Crippen LogP contribution is -2.18. The molecule has 0 aliphatic carbocycles. The van der Waals surface area contributed by atoms with Crippen LogP contribution in [0.4, 0.5) is 11.4 Å². The third-order valence-electron chi connectivity index (χ3n) is 2.95. The van der Waals surface area contributed by atoms with Crippen molar-refractivity contribution < 1.29 is 14.3 Å². The van der Waals surface area contributed by atoms with Crippen LogP contribution >= 0.6 is 27.7 Å². The Morgan fingerprint density at radius 2 is 1.62 bits per heavy atom. The third-order valence-corrected chi connectivity index (χ3v) is 4.37. The van der Waals surface area contributed by atoms with Crippen molar-refractivity contribution >= 4 is 50.9 Å². The van der Waals surface area contributed by atoms with E-state index in [1.54, 1.807) is 31.4 Å². The molecule has 0 saturated heterocycles. The number of hydrogen-bond donors (Lipinski definition) is 2. The van der Waals surface area contributed by atoms with E-state index in [0.717, 1.165) is 15.9 Å². The fourth-order valence-electron chi connectivity index (χ4n) is 1.87. The molecule has 0 aliphatic rings. The SMILES string of the molecule is COc1ccc(NC(=O)CSCC(=O)Nc2cccc(Br)c2)cc1. The van der Waals surface area contributed by atoms with Crippen LogP contribution in [0.2, 0.25) is 0 Å². The normalized spacial score (nSPS) is 10.1. The lowest BCUT2D eigenvalue weighted by molar-refractivity contribution is -0.114. The zero-order valence-electron chi connectivity index (χ0n) is 13.0. The minimum absolute atomic E-state index is 0.143. The predicted octanol–water partition coefficient (Wildman–Crippen LogP) is 3.77. The Bertz CT molecular complexity index is 707. The minimum Gasteiger partial charge on any atom is -0.497 e. The molecule has 0 radical (unpaired) electrons. The van der Waals surface area contributed by atoms with Gasteiger partial charge in [0.15, 0.2) is 0 Å². The number of carbonyl (C=O) groups excluding carboxylic acids is 2. The molecule has 0 aromatic heterocycles. The van der Waals surface area contributed by atoms with Crippen molar-refractivity contribution in [1.29, 1.82) is 0 Å². The summed E-state index contributed by atoms with van der Waals surface area (Å²) >= 11 is 4.61. The van der Waals surface area contributed by atoms with E-state index in [1.165, 1.54) is 11.8 Å². The highest BCUT2D eigenvalue weighted by Crippen LogP contribution is 2.17. The second-order valence-corrected chi connectivity index (χ2v) is 6.73. The maximum absolute atomic E-state index is 11.9. The summed E-state index contributed by atoms with van der Waals surface area (Å²) < 4.78 is 5.95. The van der Waals surface area contributed by atoms with Crippen molar-refractivity contribution in [1.82, 2.24) is 0 Å². The van der Waals surface area contributed by atoms with Crippen LogP contribution in [0, 0.1) is 0 Å². The number of carbonyl (C=O) groups is 2. The maximum Gasteiger partial charge on any atom is 0.234 e. The first kappa shape index (κ1) is 18.4. The standard InChI is InChI=1S/C17H17BrN2O3S/c1-23-15-7-5-13(6-8-15)19-16(21)10-24-11-17(22)20-14-4-2-3-12(18)9-14/h2-9H,10-11H2,1H3,(H,19,21)(H,20,22). The minimum atomic E-state index is -0.152. The van der Waals surface area contributed by atoms with Crippen molar-refractivity contribution in [3.05, 3.63) is 53.0 Å². The van der Waals surface area contributed by atoms with E-state index in [2.05, 4.69) is 26.6 Å². The fourth-order valence-corrected chi connectivity index (χ4v) is 2.89. The Hall–Kier alpha value is -1.99. The van der Waals surface area contributed by atoms with Gasteiger partial charge >= 0.3 is 0 Å². The quantitative estimate of drug-likeness (QED) is 0.731. The molecule has 2 N–H and O–H groups in total. The van der Waals surface area contributed by atoms with E-state index in [9.17, 15) is 9.59 Å². The summed E-state index contributed by atoms with van der Waals surface area (Å²) in [5.74, 6) is 0.850. The number of ether oxygens (including phenoxy) is 1. The lowest BCUT2D eigenvalue weighted by Gasteiger charge is -2.07. The van der Waals surface area contributed by atoms with E-state index in [1.807, 2.05) is 24.3 Å². The first-order valence-electron chi connectivity index (χ1n) is 7.14. The number of rotatable bonds is 7. The van der Waals surface area contributed by atoms with Gasteiger partial charge in [-0.05, 0) is 42.5 Å². The third kappa shape index (κ3) is 6.25. The van der Waals surface area contributed by atoms with Gasteiger partial charge in [0.25, 0.3) is 0 Å². The summed E-state index contributed by atoms with van der Waals surface area (Å²) in [7, 11) is 1.59. The lowest BCUT2D eigenvalue weighted by atomic mass is 10.3. The Morgan fingerprint density at radius 3 is 2.21 bits per heavy atom. The molecule has 2 aromatic rings. The van der Waals surface area contributed by atoms with Gasteiger partial charge in [0.05, 0.1) is 18.6 Å². The highest BCUT2D eigenvalue weighted by molar-refractivity contribution is 9.10. The molecule has 2 aromatic carbocycles. The van der Waals surface area contributed by atoms with Gasteiger partial charge in [-0.1, -0.05) is 22.0 Å². The van der Waals surface area contributed by atoms with E-state index < -0.39 is 0 Å². The topological polar surface area (TPSA) is 67.4 Å². The summed E-state index contributed by atoms with van der Waals surface area (Å²) in [6.07, 6.45) is 0. The Kier molecular flexibility index (Phi) is 7.14. The van der Waals surface area contributed by atoms with Crippen LogP contribution in [0.5, 0.6) is 5.75 Å². The molecule has 0 heterocycles. The van der Waals surface area contributed by atoms with Crippen molar-refractivity contribution in [2.75, 3.05) is 29.2 Å². The molecule has 24 heavy (non-hydrogen) atoms. The second kappa shape index (κ2) is 9.34. The van der Waals surface area contributed by atoms with E-state index >= 15 is 0 Å². The summed E-state index contributed by atoms with van der Waals surface area (Å²) in [6.45, 7) is 0. The molecule has 0 spiro atoms. The number of amides is 2. The van der Waals surface area contributed by atoms with Crippen LogP contribution in [-0.2, 0) is 9.59 Å². The number of nitrogens with one attached hydrogen (secondary N) is 2. The van der Waals surface area contributed by atoms with Crippen LogP contribution in [0.25, 0.3) is 0 Å². The predicted molar refractivity (Wildman–Crippen MR) is 102 cm³/mol. The Morgan fingerprint density at radius 1 is 1.00 bits per heavy atom. The molecule has 0 fully saturated rings. The number of benzene rings is 2. The largest absolute Gasteiger partial charge is 0.497 e. The fraction of sp³-hybridized carbons (Fsp3) is 0.176. The molecule has 2 rings (SSSR count). The van der Waals surface area contributed by atoms with Gasteiger partial charge in [0, 0.05) is 15.8 Å². The molecular weight excluding hydrogens is 392 g/mol. The molecule has 0 saturated carbocycles. The molecule has 0 unspecified atom stereocenters. The van der Waals surface area contributed by atoms with E-state index in [0.29, 0.717) is 5.69 Å². The number of anilines is 2. The van der Waals surface area contributed by atoms with Gasteiger partial charge < -0.3 is 15.4 Å². The summed E-state index contributed by atoms with van der Waals surface area (Å²) in [6, 6.07) is 14.4. The van der Waals surface area contributed by atoms with Gasteiger partial charge in [-0.3, -0.25) is 9.59 Å². The Balaban J connectivity index is 1.70. The van der Waals surface area contributed by atoms with Gasteiger partial charge in [-0.2, -0.15) is 0 Å². The molecule has 0 atom stereocenters. The zero-order valence-corrected chi connectivity index (χ0v) is 15.4.